The summed E-state index contributed by atoms with van der Waals surface area (Å²) < 4.78 is 6.78. The molecule has 1 aromatic heterocycles. The van der Waals surface area contributed by atoms with Crippen LogP contribution in [0.15, 0.2) is 24.4 Å². The van der Waals surface area contributed by atoms with Crippen LogP contribution in [0.4, 0.5) is 15.3 Å². The number of aromatic nitrogens is 2. The Kier molecular flexibility index (Phi) is 5.06. The van der Waals surface area contributed by atoms with Gasteiger partial charge in [0.05, 0.1) is 18.3 Å². The molecule has 3 amide bonds. The fourth-order valence-electron chi connectivity index (χ4n) is 3.02. The van der Waals surface area contributed by atoms with Crippen molar-refractivity contribution >= 4 is 28.7 Å². The molecular weight excluding hydrogens is 322 g/mol. The van der Waals surface area contributed by atoms with Gasteiger partial charge in [0, 0.05) is 37.3 Å². The number of piperidine rings is 1. The zero-order chi connectivity index (χ0) is 17.8. The molecule has 0 aliphatic carbocycles. The number of aryl methyl sites for hydroxylation is 1. The van der Waals surface area contributed by atoms with Crippen molar-refractivity contribution in [1.29, 1.82) is 0 Å². The maximum absolute atomic E-state index is 12.2. The lowest BCUT2D eigenvalue weighted by molar-refractivity contribution is 0.0959. The first-order chi connectivity index (χ1) is 12.1. The Morgan fingerprint density at radius 1 is 1.32 bits per heavy atom. The fraction of sp³-hybridized carbons (Fsp3) is 0.471. The van der Waals surface area contributed by atoms with Gasteiger partial charge in [-0.15, -0.1) is 0 Å². The van der Waals surface area contributed by atoms with E-state index < -0.39 is 0 Å². The summed E-state index contributed by atoms with van der Waals surface area (Å²) >= 11 is 0. The van der Waals surface area contributed by atoms with Crippen LogP contribution >= 0.6 is 0 Å². The van der Waals surface area contributed by atoms with E-state index in [4.69, 9.17) is 4.74 Å². The van der Waals surface area contributed by atoms with E-state index in [0.717, 1.165) is 16.6 Å². The van der Waals surface area contributed by atoms with Crippen LogP contribution in [0.1, 0.15) is 19.8 Å². The zero-order valence-electron chi connectivity index (χ0n) is 14.5. The number of benzene rings is 1. The lowest BCUT2D eigenvalue weighted by Crippen LogP contribution is -2.47. The van der Waals surface area contributed by atoms with E-state index in [1.54, 1.807) is 22.7 Å². The lowest BCUT2D eigenvalue weighted by Gasteiger charge is -2.31. The molecule has 1 aromatic carbocycles. The summed E-state index contributed by atoms with van der Waals surface area (Å²) in [5, 5.41) is 11.0. The van der Waals surface area contributed by atoms with Gasteiger partial charge < -0.3 is 20.3 Å². The Hall–Kier alpha value is -2.77. The van der Waals surface area contributed by atoms with Gasteiger partial charge in [-0.05, 0) is 38.0 Å². The van der Waals surface area contributed by atoms with Crippen molar-refractivity contribution in [2.75, 3.05) is 25.0 Å². The summed E-state index contributed by atoms with van der Waals surface area (Å²) in [5.41, 5.74) is 1.74. The van der Waals surface area contributed by atoms with Gasteiger partial charge in [-0.1, -0.05) is 0 Å². The van der Waals surface area contributed by atoms with Crippen LogP contribution in [0.5, 0.6) is 0 Å². The molecule has 0 bridgehead atoms. The second-order valence-corrected chi connectivity index (χ2v) is 6.10. The van der Waals surface area contributed by atoms with Crippen LogP contribution in [-0.2, 0) is 11.8 Å². The van der Waals surface area contributed by atoms with Gasteiger partial charge in [0.15, 0.2) is 0 Å². The highest BCUT2D eigenvalue weighted by molar-refractivity contribution is 5.92. The largest absolute Gasteiger partial charge is 0.450 e. The van der Waals surface area contributed by atoms with Crippen LogP contribution < -0.4 is 10.6 Å². The van der Waals surface area contributed by atoms with Crippen molar-refractivity contribution in [2.24, 2.45) is 7.05 Å². The molecule has 8 heteroatoms. The van der Waals surface area contributed by atoms with Gasteiger partial charge in [-0.25, -0.2) is 9.59 Å². The van der Waals surface area contributed by atoms with E-state index in [9.17, 15) is 9.59 Å². The Balaban J connectivity index is 1.50. The highest BCUT2D eigenvalue weighted by Crippen LogP contribution is 2.18. The number of nitrogens with one attached hydrogen (secondary N) is 2. The molecule has 134 valence electrons. The number of anilines is 1. The molecule has 2 aromatic rings. The number of hydrogen-bond acceptors (Lipinski definition) is 4. The van der Waals surface area contributed by atoms with Crippen molar-refractivity contribution in [1.82, 2.24) is 20.0 Å². The highest BCUT2D eigenvalue weighted by Gasteiger charge is 2.24. The molecule has 25 heavy (non-hydrogen) atoms. The number of ether oxygens (including phenoxy) is 1. The Bertz CT molecular complexity index is 765. The maximum Gasteiger partial charge on any atom is 0.409 e. The molecule has 3 rings (SSSR count). The third-order valence-corrected chi connectivity index (χ3v) is 4.36. The second kappa shape index (κ2) is 7.42. The SMILES string of the molecule is CCOC(=O)N1CCC(NC(=O)Nc2ccc3c(cnn3C)c2)CC1. The number of rotatable bonds is 3. The van der Waals surface area contributed by atoms with E-state index in [-0.39, 0.29) is 18.2 Å². The third-order valence-electron chi connectivity index (χ3n) is 4.36. The first-order valence-electron chi connectivity index (χ1n) is 8.48. The second-order valence-electron chi connectivity index (χ2n) is 6.10. The Morgan fingerprint density at radius 2 is 2.08 bits per heavy atom. The molecule has 2 N–H and O–H groups in total. The van der Waals surface area contributed by atoms with Crippen LogP contribution in [0.2, 0.25) is 0 Å². The smallest absolute Gasteiger partial charge is 0.409 e. The molecule has 1 saturated heterocycles. The van der Waals surface area contributed by atoms with E-state index in [1.807, 2.05) is 25.2 Å². The minimum atomic E-state index is -0.282. The molecule has 1 aliphatic heterocycles. The molecule has 0 saturated carbocycles. The molecule has 1 fully saturated rings. The number of hydrogen-bond donors (Lipinski definition) is 2. The molecule has 0 spiro atoms. The Morgan fingerprint density at radius 3 is 2.80 bits per heavy atom. The van der Waals surface area contributed by atoms with Gasteiger partial charge in [-0.3, -0.25) is 4.68 Å². The number of carbonyl (C=O) groups is 2. The van der Waals surface area contributed by atoms with Crippen molar-refractivity contribution in [3.63, 3.8) is 0 Å². The van der Waals surface area contributed by atoms with Crippen LogP contribution in [0.3, 0.4) is 0 Å². The first-order valence-corrected chi connectivity index (χ1v) is 8.48. The summed E-state index contributed by atoms with van der Waals surface area (Å²) in [6, 6.07) is 5.49. The molecule has 1 aliphatic rings. The van der Waals surface area contributed by atoms with Crippen LogP contribution in [-0.4, -0.2) is 52.5 Å². The topological polar surface area (TPSA) is 88.5 Å². The van der Waals surface area contributed by atoms with Crippen molar-refractivity contribution < 1.29 is 14.3 Å². The number of nitrogens with zero attached hydrogens (tertiary/aromatic N) is 3. The third kappa shape index (κ3) is 4.01. The zero-order valence-corrected chi connectivity index (χ0v) is 14.5. The Labute approximate surface area is 146 Å². The molecular formula is C17H23N5O3. The van der Waals surface area contributed by atoms with Crippen molar-refractivity contribution in [3.8, 4) is 0 Å². The molecule has 0 unspecified atom stereocenters. The number of amides is 3. The summed E-state index contributed by atoms with van der Waals surface area (Å²) in [6.07, 6.45) is 2.92. The summed E-state index contributed by atoms with van der Waals surface area (Å²) in [6.45, 7) is 3.34. The predicted molar refractivity (Wildman–Crippen MR) is 94.5 cm³/mol. The van der Waals surface area contributed by atoms with Gasteiger partial charge in [0.25, 0.3) is 0 Å². The number of fused-ring (bicyclic) bond motifs is 1. The maximum atomic E-state index is 12.2. The van der Waals surface area contributed by atoms with Gasteiger partial charge in [0.1, 0.15) is 0 Å². The van der Waals surface area contributed by atoms with E-state index in [1.165, 1.54) is 0 Å². The minimum Gasteiger partial charge on any atom is -0.450 e. The predicted octanol–water partition coefficient (Wildman–Crippen LogP) is 2.32. The standard InChI is InChI=1S/C17H23N5O3/c1-3-25-17(24)22-8-6-13(7-9-22)19-16(23)20-14-4-5-15-12(10-14)11-18-21(15)2/h4-5,10-11,13H,3,6-9H2,1-2H3,(H2,19,20,23). The molecule has 8 nitrogen and oxygen atoms in total. The number of urea groups is 1. The lowest BCUT2D eigenvalue weighted by atomic mass is 10.1. The number of carbonyl (C=O) groups excluding carboxylic acids is 2. The number of likely N-dealkylation sites (tertiary alicyclic amines) is 1. The van der Waals surface area contributed by atoms with Crippen LogP contribution in [0, 0.1) is 0 Å². The summed E-state index contributed by atoms with van der Waals surface area (Å²) in [5.74, 6) is 0. The first kappa shape index (κ1) is 17.1. The minimum absolute atomic E-state index is 0.0489. The van der Waals surface area contributed by atoms with E-state index in [2.05, 4.69) is 15.7 Å². The van der Waals surface area contributed by atoms with Gasteiger partial charge >= 0.3 is 12.1 Å². The highest BCUT2D eigenvalue weighted by atomic mass is 16.6. The summed E-state index contributed by atoms with van der Waals surface area (Å²) in [7, 11) is 1.88. The quantitative estimate of drug-likeness (QED) is 0.893. The molecule has 0 atom stereocenters. The van der Waals surface area contributed by atoms with Crippen LogP contribution in [0.25, 0.3) is 10.9 Å². The van der Waals surface area contributed by atoms with E-state index in [0.29, 0.717) is 32.5 Å². The fourth-order valence-corrected chi connectivity index (χ4v) is 3.02. The van der Waals surface area contributed by atoms with Gasteiger partial charge in [-0.2, -0.15) is 5.10 Å². The molecule has 0 radical (unpaired) electrons. The average molecular weight is 345 g/mol. The van der Waals surface area contributed by atoms with Crippen molar-refractivity contribution in [2.45, 2.75) is 25.8 Å². The van der Waals surface area contributed by atoms with E-state index >= 15 is 0 Å². The van der Waals surface area contributed by atoms with Crippen molar-refractivity contribution in [3.05, 3.63) is 24.4 Å². The average Bonchev–Trinajstić information content (AvgIpc) is 2.96. The summed E-state index contributed by atoms with van der Waals surface area (Å²) in [4.78, 5) is 25.5. The van der Waals surface area contributed by atoms with Gasteiger partial charge in [0.2, 0.25) is 0 Å². The monoisotopic (exact) mass is 345 g/mol. The normalized spacial score (nSPS) is 15.2. The molecule has 2 heterocycles.